The number of nitrogens with zero attached hydrogens (tertiary/aromatic N) is 2. The molecule has 7 nitrogen and oxygen atoms in total. The lowest BCUT2D eigenvalue weighted by atomic mass is 10.0. The summed E-state index contributed by atoms with van der Waals surface area (Å²) >= 11 is 6.22. The quantitative estimate of drug-likeness (QED) is 0.394. The van der Waals surface area contributed by atoms with Gasteiger partial charge in [0.25, 0.3) is 0 Å². The lowest BCUT2D eigenvalue weighted by molar-refractivity contribution is -0.140. The molecule has 1 unspecified atom stereocenters. The SMILES string of the molecule is CC(C)(C)NC(=O)C(Cc1ccccc1)N(Cc1cccc(Cl)c1)C(=O)CN(c1ccccc1)S(C)(=O)=O. The summed E-state index contributed by atoms with van der Waals surface area (Å²) in [7, 11) is -3.80. The van der Waals surface area contributed by atoms with Gasteiger partial charge >= 0.3 is 0 Å². The predicted octanol–water partition coefficient (Wildman–Crippen LogP) is 4.66. The first-order chi connectivity index (χ1) is 17.8. The second-order valence-electron chi connectivity index (χ2n) is 10.2. The fraction of sp³-hybridized carbons (Fsp3) is 0.310. The zero-order valence-corrected chi connectivity index (χ0v) is 23.7. The van der Waals surface area contributed by atoms with Gasteiger partial charge in [-0.1, -0.05) is 72.3 Å². The summed E-state index contributed by atoms with van der Waals surface area (Å²) in [5.74, 6) is -0.841. The van der Waals surface area contributed by atoms with Gasteiger partial charge in [-0.25, -0.2) is 8.42 Å². The zero-order chi connectivity index (χ0) is 27.9. The first kappa shape index (κ1) is 29.2. The summed E-state index contributed by atoms with van der Waals surface area (Å²) in [6, 6.07) is 24.0. The van der Waals surface area contributed by atoms with Crippen LogP contribution in [0.5, 0.6) is 0 Å². The van der Waals surface area contributed by atoms with Gasteiger partial charge in [0.05, 0.1) is 11.9 Å². The normalized spacial score (nSPS) is 12.4. The first-order valence-electron chi connectivity index (χ1n) is 12.3. The Morgan fingerprint density at radius 1 is 0.895 bits per heavy atom. The Bertz CT molecular complexity index is 1340. The van der Waals surface area contributed by atoms with Crippen molar-refractivity contribution in [1.29, 1.82) is 0 Å². The molecule has 2 amide bonds. The zero-order valence-electron chi connectivity index (χ0n) is 22.1. The number of hydrogen-bond acceptors (Lipinski definition) is 4. The van der Waals surface area contributed by atoms with E-state index in [1.807, 2.05) is 57.2 Å². The second-order valence-corrected chi connectivity index (χ2v) is 12.5. The van der Waals surface area contributed by atoms with Crippen LogP contribution in [0.3, 0.4) is 0 Å². The highest BCUT2D eigenvalue weighted by molar-refractivity contribution is 7.92. The maximum Gasteiger partial charge on any atom is 0.244 e. The highest BCUT2D eigenvalue weighted by Crippen LogP contribution is 2.21. The molecule has 9 heteroatoms. The summed E-state index contributed by atoms with van der Waals surface area (Å²) in [4.78, 5) is 29.1. The van der Waals surface area contributed by atoms with Crippen molar-refractivity contribution < 1.29 is 18.0 Å². The minimum absolute atomic E-state index is 0.0703. The lowest BCUT2D eigenvalue weighted by Crippen LogP contribution is -2.56. The predicted molar refractivity (Wildman–Crippen MR) is 152 cm³/mol. The molecule has 3 aromatic carbocycles. The summed E-state index contributed by atoms with van der Waals surface area (Å²) in [5, 5.41) is 3.49. The van der Waals surface area contributed by atoms with Gasteiger partial charge in [0.1, 0.15) is 12.6 Å². The fourth-order valence-electron chi connectivity index (χ4n) is 4.05. The molecule has 0 aliphatic carbocycles. The largest absolute Gasteiger partial charge is 0.350 e. The van der Waals surface area contributed by atoms with Crippen molar-refractivity contribution >= 4 is 39.1 Å². The molecule has 0 aromatic heterocycles. The number of rotatable bonds is 10. The van der Waals surface area contributed by atoms with E-state index in [4.69, 9.17) is 11.6 Å². The molecule has 0 radical (unpaired) electrons. The number of para-hydroxylation sites is 1. The molecule has 1 atom stereocenters. The van der Waals surface area contributed by atoms with E-state index in [0.717, 1.165) is 21.7 Å². The third-order valence-corrected chi connectivity index (χ3v) is 7.11. The van der Waals surface area contributed by atoms with E-state index >= 15 is 0 Å². The van der Waals surface area contributed by atoms with Crippen molar-refractivity contribution in [3.63, 3.8) is 0 Å². The minimum atomic E-state index is -3.80. The van der Waals surface area contributed by atoms with Crippen molar-refractivity contribution in [3.05, 3.63) is 101 Å². The monoisotopic (exact) mass is 555 g/mol. The van der Waals surface area contributed by atoms with E-state index in [9.17, 15) is 18.0 Å². The molecule has 0 saturated carbocycles. The number of carbonyl (C=O) groups is 2. The first-order valence-corrected chi connectivity index (χ1v) is 14.5. The van der Waals surface area contributed by atoms with Crippen molar-refractivity contribution in [2.45, 2.75) is 45.3 Å². The van der Waals surface area contributed by atoms with E-state index in [0.29, 0.717) is 10.7 Å². The van der Waals surface area contributed by atoms with Crippen LogP contribution in [0.25, 0.3) is 0 Å². The molecule has 0 spiro atoms. The Morgan fingerprint density at radius 2 is 1.47 bits per heavy atom. The highest BCUT2D eigenvalue weighted by atomic mass is 35.5. The van der Waals surface area contributed by atoms with Crippen LogP contribution < -0.4 is 9.62 Å². The van der Waals surface area contributed by atoms with Crippen molar-refractivity contribution in [2.24, 2.45) is 0 Å². The van der Waals surface area contributed by atoms with Crippen molar-refractivity contribution in [1.82, 2.24) is 10.2 Å². The number of halogens is 1. The van der Waals surface area contributed by atoms with Gasteiger partial charge in [-0.05, 0) is 56.2 Å². The van der Waals surface area contributed by atoms with Crippen LogP contribution in [0.2, 0.25) is 5.02 Å². The minimum Gasteiger partial charge on any atom is -0.350 e. The second kappa shape index (κ2) is 12.5. The smallest absolute Gasteiger partial charge is 0.244 e. The summed E-state index contributed by atoms with van der Waals surface area (Å²) < 4.78 is 26.5. The van der Waals surface area contributed by atoms with E-state index in [-0.39, 0.29) is 18.9 Å². The number of hydrogen-bond donors (Lipinski definition) is 1. The van der Waals surface area contributed by atoms with E-state index < -0.39 is 34.1 Å². The van der Waals surface area contributed by atoms with Gasteiger partial charge in [-0.15, -0.1) is 0 Å². The number of amides is 2. The molecule has 0 aliphatic heterocycles. The molecule has 0 aliphatic rings. The van der Waals surface area contributed by atoms with Crippen molar-refractivity contribution in [3.8, 4) is 0 Å². The van der Waals surface area contributed by atoms with Crippen molar-refractivity contribution in [2.75, 3.05) is 17.1 Å². The van der Waals surface area contributed by atoms with Gasteiger partial charge in [-0.3, -0.25) is 13.9 Å². The number of nitrogens with one attached hydrogen (secondary N) is 1. The van der Waals surface area contributed by atoms with Gasteiger partial charge in [-0.2, -0.15) is 0 Å². The molecule has 0 heterocycles. The van der Waals surface area contributed by atoms with Crippen LogP contribution in [0.1, 0.15) is 31.9 Å². The Kier molecular flexibility index (Phi) is 9.57. The third-order valence-electron chi connectivity index (χ3n) is 5.73. The molecular weight excluding hydrogens is 522 g/mol. The fourth-order valence-corrected chi connectivity index (χ4v) is 5.11. The number of benzene rings is 3. The number of carbonyl (C=O) groups excluding carboxylic acids is 2. The molecule has 202 valence electrons. The van der Waals surface area contributed by atoms with Crippen LogP contribution in [-0.2, 0) is 32.6 Å². The molecular formula is C29H34ClN3O4S. The Balaban J connectivity index is 2.06. The topological polar surface area (TPSA) is 86.8 Å². The van der Waals surface area contributed by atoms with E-state index in [1.165, 1.54) is 4.90 Å². The van der Waals surface area contributed by atoms with Gasteiger partial charge < -0.3 is 10.2 Å². The summed E-state index contributed by atoms with van der Waals surface area (Å²) in [5.41, 5.74) is 1.41. The molecule has 0 saturated heterocycles. The van der Waals surface area contributed by atoms with Crippen LogP contribution >= 0.6 is 11.6 Å². The summed E-state index contributed by atoms with van der Waals surface area (Å²) in [6.45, 7) is 5.22. The Hall–Kier alpha value is -3.36. The van der Waals surface area contributed by atoms with Crippen LogP contribution in [0.4, 0.5) is 5.69 Å². The van der Waals surface area contributed by atoms with Crippen LogP contribution in [0, 0.1) is 0 Å². The Morgan fingerprint density at radius 3 is 2.03 bits per heavy atom. The standard InChI is InChI=1S/C29H34ClN3O4S/c1-29(2,3)31-28(35)26(19-22-12-7-5-8-13-22)32(20-23-14-11-15-24(30)18-23)27(34)21-33(38(4,36)37)25-16-9-6-10-17-25/h5-18,26H,19-21H2,1-4H3,(H,31,35). The maximum absolute atomic E-state index is 14.0. The van der Waals surface area contributed by atoms with Crippen LogP contribution in [0.15, 0.2) is 84.9 Å². The molecule has 0 fully saturated rings. The molecule has 38 heavy (non-hydrogen) atoms. The molecule has 0 bridgehead atoms. The lowest BCUT2D eigenvalue weighted by Gasteiger charge is -2.35. The molecule has 3 rings (SSSR count). The third kappa shape index (κ3) is 8.60. The number of sulfonamides is 1. The molecule has 1 N–H and O–H groups in total. The maximum atomic E-state index is 14.0. The van der Waals surface area contributed by atoms with E-state index in [1.54, 1.807) is 48.5 Å². The van der Waals surface area contributed by atoms with Crippen LogP contribution in [-0.4, -0.2) is 49.5 Å². The average molecular weight is 556 g/mol. The highest BCUT2D eigenvalue weighted by Gasteiger charge is 2.34. The summed E-state index contributed by atoms with van der Waals surface area (Å²) in [6.07, 6.45) is 1.31. The van der Waals surface area contributed by atoms with Gasteiger partial charge in [0, 0.05) is 23.5 Å². The average Bonchev–Trinajstić information content (AvgIpc) is 2.84. The van der Waals surface area contributed by atoms with Gasteiger partial charge in [0.15, 0.2) is 0 Å². The van der Waals surface area contributed by atoms with E-state index in [2.05, 4.69) is 5.32 Å². The van der Waals surface area contributed by atoms with Gasteiger partial charge in [0.2, 0.25) is 21.8 Å². The number of anilines is 1. The Labute approximate surface area is 230 Å². The molecule has 3 aromatic rings.